The Labute approximate surface area is 159 Å². The van der Waals surface area contributed by atoms with E-state index in [-0.39, 0.29) is 34.3 Å². The topological polar surface area (TPSA) is 158 Å². The van der Waals surface area contributed by atoms with Gasteiger partial charge in [0.15, 0.2) is 0 Å². The fraction of sp³-hybridized carbons (Fsp3) is 0.133. The van der Waals surface area contributed by atoms with Gasteiger partial charge in [-0.05, 0) is 12.1 Å². The summed E-state index contributed by atoms with van der Waals surface area (Å²) in [5, 5.41) is 2.18. The second-order valence-corrected chi connectivity index (χ2v) is 6.68. The van der Waals surface area contributed by atoms with Gasteiger partial charge in [-0.15, -0.1) is 4.98 Å². The molecule has 3 rings (SSSR count). The van der Waals surface area contributed by atoms with Crippen LogP contribution in [0, 0.1) is 0 Å². The number of carbonyl (C=O) groups is 1. The second-order valence-electron chi connectivity index (χ2n) is 5.03. The first kappa shape index (κ1) is 19.0. The highest BCUT2D eigenvalue weighted by Gasteiger charge is 2.24. The molecule has 0 saturated heterocycles. The Morgan fingerprint density at radius 3 is 2.36 bits per heavy atom. The maximum Gasteiger partial charge on any atom is 0.335 e. The van der Waals surface area contributed by atoms with E-state index in [4.69, 9.17) is 13.9 Å². The zero-order valence-corrected chi connectivity index (χ0v) is 15.4. The SMILES string of the molecule is COc1nc(NC(=O)NS(=O)(=O)c2ccccc2-c2ncco2)nc(OC)n1. The van der Waals surface area contributed by atoms with Crippen LogP contribution in [0.25, 0.3) is 11.5 Å². The summed E-state index contributed by atoms with van der Waals surface area (Å²) >= 11 is 0. The minimum absolute atomic E-state index is 0.0910. The first-order valence-electron chi connectivity index (χ1n) is 7.59. The molecule has 0 aliphatic rings. The molecular weight excluding hydrogens is 392 g/mol. The van der Waals surface area contributed by atoms with Crippen LogP contribution in [0.15, 0.2) is 46.0 Å². The molecule has 0 bridgehead atoms. The monoisotopic (exact) mass is 406 g/mol. The van der Waals surface area contributed by atoms with Crippen LogP contribution in [0.1, 0.15) is 0 Å². The van der Waals surface area contributed by atoms with Crippen molar-refractivity contribution < 1.29 is 27.1 Å². The van der Waals surface area contributed by atoms with Gasteiger partial charge in [-0.1, -0.05) is 12.1 Å². The van der Waals surface area contributed by atoms with Crippen molar-refractivity contribution in [1.29, 1.82) is 0 Å². The van der Waals surface area contributed by atoms with Crippen molar-refractivity contribution in [3.63, 3.8) is 0 Å². The largest absolute Gasteiger partial charge is 0.467 e. The van der Waals surface area contributed by atoms with Gasteiger partial charge in [0.05, 0.1) is 26.0 Å². The maximum absolute atomic E-state index is 12.7. The predicted octanol–water partition coefficient (Wildman–Crippen LogP) is 1.05. The normalized spacial score (nSPS) is 10.9. The molecule has 2 heterocycles. The summed E-state index contributed by atoms with van der Waals surface area (Å²) in [4.78, 5) is 27.2. The van der Waals surface area contributed by atoms with E-state index in [1.807, 2.05) is 4.72 Å². The quantitative estimate of drug-likeness (QED) is 0.606. The molecule has 3 aromatic rings. The molecule has 0 unspecified atom stereocenters. The summed E-state index contributed by atoms with van der Waals surface area (Å²) in [6.45, 7) is 0. The van der Waals surface area contributed by atoms with Crippen molar-refractivity contribution in [2.24, 2.45) is 0 Å². The van der Waals surface area contributed by atoms with Crippen LogP contribution in [-0.2, 0) is 10.0 Å². The van der Waals surface area contributed by atoms with E-state index in [1.54, 1.807) is 6.07 Å². The number of hydrogen-bond acceptors (Lipinski definition) is 10. The van der Waals surface area contributed by atoms with E-state index in [2.05, 4.69) is 25.3 Å². The van der Waals surface area contributed by atoms with Crippen molar-refractivity contribution in [2.45, 2.75) is 4.90 Å². The maximum atomic E-state index is 12.7. The number of carbonyl (C=O) groups excluding carboxylic acids is 1. The molecule has 13 heteroatoms. The van der Waals surface area contributed by atoms with Gasteiger partial charge in [-0.2, -0.15) is 9.97 Å². The average Bonchev–Trinajstić information content (AvgIpc) is 3.21. The Balaban J connectivity index is 1.83. The highest BCUT2D eigenvalue weighted by Crippen LogP contribution is 2.25. The molecule has 146 valence electrons. The van der Waals surface area contributed by atoms with Gasteiger partial charge in [0.2, 0.25) is 11.8 Å². The number of oxazole rings is 1. The van der Waals surface area contributed by atoms with Crippen LogP contribution in [0.5, 0.6) is 12.0 Å². The molecule has 0 saturated carbocycles. The van der Waals surface area contributed by atoms with Crippen LogP contribution >= 0.6 is 0 Å². The van der Waals surface area contributed by atoms with Gasteiger partial charge in [0, 0.05) is 0 Å². The molecule has 2 N–H and O–H groups in total. The minimum atomic E-state index is -4.26. The molecule has 28 heavy (non-hydrogen) atoms. The number of aromatic nitrogens is 4. The van der Waals surface area contributed by atoms with Crippen LogP contribution in [0.4, 0.5) is 10.7 Å². The average molecular weight is 406 g/mol. The highest BCUT2D eigenvalue weighted by atomic mass is 32.2. The number of methoxy groups -OCH3 is 2. The van der Waals surface area contributed by atoms with Gasteiger partial charge in [0.1, 0.15) is 11.2 Å². The van der Waals surface area contributed by atoms with Crippen LogP contribution in [0.3, 0.4) is 0 Å². The van der Waals surface area contributed by atoms with E-state index in [0.717, 1.165) is 0 Å². The third-order valence-electron chi connectivity index (χ3n) is 3.25. The summed E-state index contributed by atoms with van der Waals surface area (Å²) in [7, 11) is -1.65. The molecule has 1 aromatic carbocycles. The molecule has 0 aliphatic heterocycles. The summed E-state index contributed by atoms with van der Waals surface area (Å²) < 4.78 is 42.0. The van der Waals surface area contributed by atoms with Crippen molar-refractivity contribution in [2.75, 3.05) is 19.5 Å². The molecule has 2 amide bonds. The van der Waals surface area contributed by atoms with E-state index in [1.165, 1.54) is 44.9 Å². The minimum Gasteiger partial charge on any atom is -0.467 e. The summed E-state index contributed by atoms with van der Waals surface area (Å²) in [5.74, 6) is -0.175. The number of sulfonamides is 1. The lowest BCUT2D eigenvalue weighted by Crippen LogP contribution is -2.35. The first-order valence-corrected chi connectivity index (χ1v) is 9.08. The Hall–Kier alpha value is -3.74. The zero-order chi connectivity index (χ0) is 20.1. The van der Waals surface area contributed by atoms with Gasteiger partial charge in [-0.3, -0.25) is 5.32 Å². The number of rotatable bonds is 6. The number of hydrogen-bond donors (Lipinski definition) is 2. The van der Waals surface area contributed by atoms with Crippen molar-refractivity contribution in [1.82, 2.24) is 24.7 Å². The van der Waals surface area contributed by atoms with Crippen LogP contribution in [-0.4, -0.2) is 48.6 Å². The Morgan fingerprint density at radius 2 is 1.75 bits per heavy atom. The van der Waals surface area contributed by atoms with Crippen molar-refractivity contribution in [3.05, 3.63) is 36.7 Å². The molecular formula is C15H14N6O6S. The van der Waals surface area contributed by atoms with Gasteiger partial charge in [-0.25, -0.2) is 22.9 Å². The zero-order valence-electron chi connectivity index (χ0n) is 14.6. The number of nitrogens with one attached hydrogen (secondary N) is 2. The number of anilines is 1. The van der Waals surface area contributed by atoms with Crippen molar-refractivity contribution in [3.8, 4) is 23.5 Å². The number of benzene rings is 1. The Kier molecular flexibility index (Phi) is 5.35. The second kappa shape index (κ2) is 7.87. The summed E-state index contributed by atoms with van der Waals surface area (Å²) in [5.41, 5.74) is 0.191. The number of amides is 2. The van der Waals surface area contributed by atoms with Gasteiger partial charge >= 0.3 is 18.1 Å². The van der Waals surface area contributed by atoms with E-state index < -0.39 is 16.1 Å². The predicted molar refractivity (Wildman–Crippen MR) is 94.2 cm³/mol. The number of ether oxygens (including phenoxy) is 2. The van der Waals surface area contributed by atoms with Gasteiger partial charge < -0.3 is 13.9 Å². The number of urea groups is 1. The smallest absolute Gasteiger partial charge is 0.335 e. The van der Waals surface area contributed by atoms with Gasteiger partial charge in [0.25, 0.3) is 10.0 Å². The molecule has 0 aliphatic carbocycles. The van der Waals surface area contributed by atoms with Crippen molar-refractivity contribution >= 4 is 22.0 Å². The Bertz CT molecular complexity index is 1060. The molecule has 0 radical (unpaired) electrons. The lowest BCUT2D eigenvalue weighted by atomic mass is 10.2. The summed E-state index contributed by atoms with van der Waals surface area (Å²) in [6, 6.07) is 4.57. The summed E-state index contributed by atoms with van der Waals surface area (Å²) in [6.07, 6.45) is 2.68. The van der Waals surface area contributed by atoms with E-state index >= 15 is 0 Å². The third-order valence-corrected chi connectivity index (χ3v) is 4.64. The molecule has 0 spiro atoms. The number of nitrogens with zero attached hydrogens (tertiary/aromatic N) is 4. The Morgan fingerprint density at radius 1 is 1.07 bits per heavy atom. The van der Waals surface area contributed by atoms with Crippen LogP contribution < -0.4 is 19.5 Å². The van der Waals surface area contributed by atoms with E-state index in [0.29, 0.717) is 0 Å². The molecule has 0 atom stereocenters. The van der Waals surface area contributed by atoms with E-state index in [9.17, 15) is 13.2 Å². The lowest BCUT2D eigenvalue weighted by molar-refractivity contribution is 0.256. The fourth-order valence-corrected chi connectivity index (χ4v) is 3.22. The third kappa shape index (κ3) is 4.15. The fourth-order valence-electron chi connectivity index (χ4n) is 2.11. The molecule has 12 nitrogen and oxygen atoms in total. The lowest BCUT2D eigenvalue weighted by Gasteiger charge is -2.10. The molecule has 2 aromatic heterocycles. The standard InChI is InChI=1S/C15H14N6O6S/c1-25-14-18-12(19-15(20-14)26-2)17-13(22)21-28(23,24)10-6-4-3-5-9(10)11-16-7-8-27-11/h3-8H,1-2H3,(H2,17,18,19,20,21,22). The molecule has 0 fully saturated rings. The highest BCUT2D eigenvalue weighted by molar-refractivity contribution is 7.90. The van der Waals surface area contributed by atoms with Crippen LogP contribution in [0.2, 0.25) is 0 Å². The first-order chi connectivity index (χ1) is 13.4.